The van der Waals surface area contributed by atoms with Crippen molar-refractivity contribution in [3.63, 3.8) is 0 Å². The van der Waals surface area contributed by atoms with Crippen LogP contribution >= 0.6 is 0 Å². The first-order valence-corrected chi connectivity index (χ1v) is 4.17. The predicted molar refractivity (Wildman–Crippen MR) is 50.7 cm³/mol. The van der Waals surface area contributed by atoms with Gasteiger partial charge in [0.25, 0.3) is 0 Å². The van der Waals surface area contributed by atoms with Crippen molar-refractivity contribution in [3.05, 3.63) is 24.3 Å². The van der Waals surface area contributed by atoms with E-state index in [1.807, 2.05) is 0 Å². The van der Waals surface area contributed by atoms with Gasteiger partial charge in [0.1, 0.15) is 11.5 Å². The lowest BCUT2D eigenvalue weighted by Crippen LogP contribution is -2.22. The molecule has 1 N–H and O–H groups in total. The van der Waals surface area contributed by atoms with E-state index in [1.54, 1.807) is 31.4 Å². The lowest BCUT2D eigenvalue weighted by molar-refractivity contribution is -0.144. The Labute approximate surface area is 82.1 Å². The number of carboxylic acid groups (broad SMARTS) is 1. The topological polar surface area (TPSA) is 55.8 Å². The van der Waals surface area contributed by atoms with E-state index in [0.29, 0.717) is 11.5 Å². The quantitative estimate of drug-likeness (QED) is 0.793. The van der Waals surface area contributed by atoms with Crippen LogP contribution in [0.3, 0.4) is 0 Å². The minimum Gasteiger partial charge on any atom is -0.497 e. The molecule has 4 heteroatoms. The molecule has 0 heterocycles. The summed E-state index contributed by atoms with van der Waals surface area (Å²) in [4.78, 5) is 10.5. The average Bonchev–Trinajstić information content (AvgIpc) is 2.18. The van der Waals surface area contributed by atoms with E-state index in [9.17, 15) is 4.79 Å². The van der Waals surface area contributed by atoms with Crippen LogP contribution in [-0.4, -0.2) is 24.3 Å². The van der Waals surface area contributed by atoms with Crippen LogP contribution in [0.25, 0.3) is 0 Å². The molecule has 0 radical (unpaired) electrons. The van der Waals surface area contributed by atoms with Gasteiger partial charge in [0.05, 0.1) is 7.11 Å². The van der Waals surface area contributed by atoms with Gasteiger partial charge in [-0.3, -0.25) is 0 Å². The van der Waals surface area contributed by atoms with Crippen molar-refractivity contribution in [3.8, 4) is 11.5 Å². The standard InChI is InChI=1S/C10H12O4/c1-7(10(11)12)14-9-5-3-4-8(6-9)13-2/h3-7H,1-2H3,(H,11,12)/t7-/m0/s1. The first kappa shape index (κ1) is 10.4. The maximum Gasteiger partial charge on any atom is 0.344 e. The van der Waals surface area contributed by atoms with E-state index < -0.39 is 12.1 Å². The Bertz CT molecular complexity index is 322. The zero-order chi connectivity index (χ0) is 10.6. The van der Waals surface area contributed by atoms with E-state index in [-0.39, 0.29) is 0 Å². The van der Waals surface area contributed by atoms with Crippen molar-refractivity contribution in [2.24, 2.45) is 0 Å². The number of aliphatic carboxylic acids is 1. The summed E-state index contributed by atoms with van der Waals surface area (Å²) < 4.78 is 10.1. The van der Waals surface area contributed by atoms with Crippen molar-refractivity contribution >= 4 is 5.97 Å². The number of rotatable bonds is 4. The molecule has 0 aliphatic carbocycles. The number of benzene rings is 1. The van der Waals surface area contributed by atoms with Gasteiger partial charge < -0.3 is 14.6 Å². The van der Waals surface area contributed by atoms with Gasteiger partial charge in [-0.15, -0.1) is 0 Å². The van der Waals surface area contributed by atoms with Crippen molar-refractivity contribution in [1.29, 1.82) is 0 Å². The second-order valence-electron chi connectivity index (χ2n) is 2.78. The van der Waals surface area contributed by atoms with Crippen LogP contribution in [-0.2, 0) is 4.79 Å². The summed E-state index contributed by atoms with van der Waals surface area (Å²) >= 11 is 0. The summed E-state index contributed by atoms with van der Waals surface area (Å²) in [5, 5.41) is 8.61. The summed E-state index contributed by atoms with van der Waals surface area (Å²) in [6.45, 7) is 1.47. The van der Waals surface area contributed by atoms with E-state index in [1.165, 1.54) is 6.92 Å². The molecule has 0 amide bonds. The summed E-state index contributed by atoms with van der Waals surface area (Å²) in [6.07, 6.45) is -0.859. The maximum absolute atomic E-state index is 10.5. The highest BCUT2D eigenvalue weighted by molar-refractivity contribution is 5.72. The molecule has 0 saturated heterocycles. The van der Waals surface area contributed by atoms with Crippen molar-refractivity contribution in [2.45, 2.75) is 13.0 Å². The van der Waals surface area contributed by atoms with Crippen LogP contribution in [0.5, 0.6) is 11.5 Å². The Morgan fingerprint density at radius 2 is 2.07 bits per heavy atom. The Morgan fingerprint density at radius 1 is 1.43 bits per heavy atom. The van der Waals surface area contributed by atoms with E-state index in [4.69, 9.17) is 14.6 Å². The third-order valence-corrected chi connectivity index (χ3v) is 1.70. The Balaban J connectivity index is 2.71. The first-order chi connectivity index (χ1) is 6.63. The number of carbonyl (C=O) groups is 1. The minimum absolute atomic E-state index is 0.485. The molecular formula is C10H12O4. The lowest BCUT2D eigenvalue weighted by Gasteiger charge is -2.10. The van der Waals surface area contributed by atoms with Crippen molar-refractivity contribution in [1.82, 2.24) is 0 Å². The second-order valence-corrected chi connectivity index (χ2v) is 2.78. The van der Waals surface area contributed by atoms with Gasteiger partial charge in [-0.2, -0.15) is 0 Å². The number of hydrogen-bond acceptors (Lipinski definition) is 3. The molecule has 76 valence electrons. The summed E-state index contributed by atoms with van der Waals surface area (Å²) in [5.74, 6) is 0.132. The highest BCUT2D eigenvalue weighted by Gasteiger charge is 2.12. The van der Waals surface area contributed by atoms with E-state index in [2.05, 4.69) is 0 Å². The monoisotopic (exact) mass is 196 g/mol. The van der Waals surface area contributed by atoms with Crippen LogP contribution in [0.4, 0.5) is 0 Å². The van der Waals surface area contributed by atoms with E-state index in [0.717, 1.165) is 0 Å². The third kappa shape index (κ3) is 2.65. The third-order valence-electron chi connectivity index (χ3n) is 1.70. The highest BCUT2D eigenvalue weighted by Crippen LogP contribution is 2.19. The molecule has 4 nitrogen and oxygen atoms in total. The number of hydrogen-bond donors (Lipinski definition) is 1. The molecule has 0 unspecified atom stereocenters. The molecule has 1 aromatic rings. The molecule has 0 aromatic heterocycles. The zero-order valence-electron chi connectivity index (χ0n) is 8.06. The molecule has 0 saturated carbocycles. The lowest BCUT2D eigenvalue weighted by atomic mass is 10.3. The van der Waals surface area contributed by atoms with Gasteiger partial charge in [-0.05, 0) is 19.1 Å². The van der Waals surface area contributed by atoms with Gasteiger partial charge in [0, 0.05) is 6.07 Å². The molecular weight excluding hydrogens is 184 g/mol. The number of ether oxygens (including phenoxy) is 2. The Kier molecular flexibility index (Phi) is 3.34. The van der Waals surface area contributed by atoms with Crippen LogP contribution in [0.2, 0.25) is 0 Å². The Hall–Kier alpha value is -1.71. The summed E-state index contributed by atoms with van der Waals surface area (Å²) in [7, 11) is 1.54. The Morgan fingerprint density at radius 3 is 2.64 bits per heavy atom. The van der Waals surface area contributed by atoms with Gasteiger partial charge >= 0.3 is 5.97 Å². The van der Waals surface area contributed by atoms with Crippen LogP contribution in [0.15, 0.2) is 24.3 Å². The molecule has 0 aliphatic heterocycles. The molecule has 1 aromatic carbocycles. The highest BCUT2D eigenvalue weighted by atomic mass is 16.5. The van der Waals surface area contributed by atoms with Crippen LogP contribution in [0, 0.1) is 0 Å². The SMILES string of the molecule is COc1cccc(O[C@@H](C)C(=O)O)c1. The molecule has 0 aliphatic rings. The van der Waals surface area contributed by atoms with Crippen molar-refractivity contribution < 1.29 is 19.4 Å². The fourth-order valence-corrected chi connectivity index (χ4v) is 0.929. The number of methoxy groups -OCH3 is 1. The van der Waals surface area contributed by atoms with E-state index >= 15 is 0 Å². The molecule has 14 heavy (non-hydrogen) atoms. The first-order valence-electron chi connectivity index (χ1n) is 4.17. The second kappa shape index (κ2) is 4.50. The normalized spacial score (nSPS) is 11.9. The summed E-state index contributed by atoms with van der Waals surface area (Å²) in [5.41, 5.74) is 0. The summed E-state index contributed by atoms with van der Waals surface area (Å²) in [6, 6.07) is 6.82. The van der Waals surface area contributed by atoms with Gasteiger partial charge in [-0.25, -0.2) is 4.79 Å². The predicted octanol–water partition coefficient (Wildman–Crippen LogP) is 1.55. The maximum atomic E-state index is 10.5. The fourth-order valence-electron chi connectivity index (χ4n) is 0.929. The smallest absolute Gasteiger partial charge is 0.344 e. The largest absolute Gasteiger partial charge is 0.497 e. The van der Waals surface area contributed by atoms with Gasteiger partial charge in [0.2, 0.25) is 0 Å². The average molecular weight is 196 g/mol. The number of carboxylic acids is 1. The fraction of sp³-hybridized carbons (Fsp3) is 0.300. The van der Waals surface area contributed by atoms with Crippen LogP contribution < -0.4 is 9.47 Å². The minimum atomic E-state index is -0.993. The molecule has 0 spiro atoms. The molecule has 1 atom stereocenters. The molecule has 1 rings (SSSR count). The zero-order valence-corrected chi connectivity index (χ0v) is 8.06. The molecule has 0 fully saturated rings. The van der Waals surface area contributed by atoms with Gasteiger partial charge in [0.15, 0.2) is 6.10 Å². The molecule has 0 bridgehead atoms. The van der Waals surface area contributed by atoms with Gasteiger partial charge in [-0.1, -0.05) is 6.07 Å². The van der Waals surface area contributed by atoms with Crippen molar-refractivity contribution in [2.75, 3.05) is 7.11 Å². The van der Waals surface area contributed by atoms with Crippen LogP contribution in [0.1, 0.15) is 6.92 Å².